The number of carbonyl (C=O) groups excluding carboxylic acids is 1. The summed E-state index contributed by atoms with van der Waals surface area (Å²) in [6.07, 6.45) is 2.09. The van der Waals surface area contributed by atoms with E-state index in [1.165, 1.54) is 12.1 Å². The second-order valence-corrected chi connectivity index (χ2v) is 5.84. The molecule has 1 aromatic heterocycles. The number of piperidine rings is 1. The molecule has 0 aliphatic carbocycles. The van der Waals surface area contributed by atoms with Gasteiger partial charge in [-0.05, 0) is 45.0 Å². The van der Waals surface area contributed by atoms with Gasteiger partial charge in [0, 0.05) is 30.6 Å². The van der Waals surface area contributed by atoms with Crippen molar-refractivity contribution in [1.82, 2.24) is 15.2 Å². The zero-order chi connectivity index (χ0) is 15.7. The standard InChI is InChI=1S/C17H20FN3O/c1-11-15(8-12-5-6-13(18)9-16(12)20-11)17(22)21-7-3-4-14(10-21)19-2/h5-6,8-9,14,19H,3-4,7,10H2,1-2H3/t14-/m1/s1. The highest BCUT2D eigenvalue weighted by Gasteiger charge is 2.25. The van der Waals surface area contributed by atoms with Crippen LogP contribution in [0.4, 0.5) is 4.39 Å². The van der Waals surface area contributed by atoms with Crippen molar-refractivity contribution in [1.29, 1.82) is 0 Å². The highest BCUT2D eigenvalue weighted by Crippen LogP contribution is 2.20. The normalized spacial score (nSPS) is 18.7. The monoisotopic (exact) mass is 301 g/mol. The number of nitrogens with zero attached hydrogens (tertiary/aromatic N) is 2. The van der Waals surface area contributed by atoms with Crippen LogP contribution in [0.3, 0.4) is 0 Å². The Labute approximate surface area is 129 Å². The zero-order valence-corrected chi connectivity index (χ0v) is 12.9. The van der Waals surface area contributed by atoms with Gasteiger partial charge >= 0.3 is 0 Å². The number of aromatic nitrogens is 1. The summed E-state index contributed by atoms with van der Waals surface area (Å²) < 4.78 is 13.3. The van der Waals surface area contributed by atoms with Crippen LogP contribution in [0.15, 0.2) is 24.3 Å². The van der Waals surface area contributed by atoms with Crippen molar-refractivity contribution in [2.45, 2.75) is 25.8 Å². The van der Waals surface area contributed by atoms with Crippen LogP contribution in [-0.2, 0) is 0 Å². The van der Waals surface area contributed by atoms with Crippen LogP contribution in [-0.4, -0.2) is 42.0 Å². The topological polar surface area (TPSA) is 45.2 Å². The number of hydrogen-bond donors (Lipinski definition) is 1. The predicted molar refractivity (Wildman–Crippen MR) is 84.4 cm³/mol. The van der Waals surface area contributed by atoms with Crippen LogP contribution < -0.4 is 5.32 Å². The summed E-state index contributed by atoms with van der Waals surface area (Å²) in [6, 6.07) is 6.63. The lowest BCUT2D eigenvalue weighted by Gasteiger charge is -2.32. The zero-order valence-electron chi connectivity index (χ0n) is 12.9. The first-order valence-corrected chi connectivity index (χ1v) is 7.62. The average Bonchev–Trinajstić information content (AvgIpc) is 2.53. The molecule has 116 valence electrons. The van der Waals surface area contributed by atoms with Crippen LogP contribution in [0, 0.1) is 12.7 Å². The molecule has 1 amide bonds. The van der Waals surface area contributed by atoms with Gasteiger partial charge in [-0.15, -0.1) is 0 Å². The van der Waals surface area contributed by atoms with E-state index in [0.29, 0.717) is 22.8 Å². The smallest absolute Gasteiger partial charge is 0.255 e. The maximum atomic E-state index is 13.3. The second-order valence-electron chi connectivity index (χ2n) is 5.84. The Hall–Kier alpha value is -2.01. The fraction of sp³-hybridized carbons (Fsp3) is 0.412. The third-order valence-electron chi connectivity index (χ3n) is 4.32. The lowest BCUT2D eigenvalue weighted by Crippen LogP contribution is -2.47. The number of carbonyl (C=O) groups is 1. The number of rotatable bonds is 2. The third kappa shape index (κ3) is 2.81. The maximum Gasteiger partial charge on any atom is 0.255 e. The number of hydrogen-bond acceptors (Lipinski definition) is 3. The lowest BCUT2D eigenvalue weighted by molar-refractivity contribution is 0.0697. The minimum atomic E-state index is -0.314. The van der Waals surface area contributed by atoms with Crippen molar-refractivity contribution < 1.29 is 9.18 Å². The van der Waals surface area contributed by atoms with Gasteiger partial charge in [-0.1, -0.05) is 0 Å². The Balaban J connectivity index is 1.93. The first-order chi connectivity index (χ1) is 10.6. The molecule has 1 aliphatic rings. The van der Waals surface area contributed by atoms with Crippen molar-refractivity contribution in [2.24, 2.45) is 0 Å². The number of likely N-dealkylation sites (tertiary alicyclic amines) is 1. The van der Waals surface area contributed by atoms with Gasteiger partial charge < -0.3 is 10.2 Å². The van der Waals surface area contributed by atoms with E-state index in [0.717, 1.165) is 31.3 Å². The molecule has 1 aromatic carbocycles. The molecule has 1 fully saturated rings. The quantitative estimate of drug-likeness (QED) is 0.927. The van der Waals surface area contributed by atoms with E-state index < -0.39 is 0 Å². The summed E-state index contributed by atoms with van der Waals surface area (Å²) in [6.45, 7) is 3.30. The van der Waals surface area contributed by atoms with Gasteiger partial charge in [0.05, 0.1) is 16.8 Å². The van der Waals surface area contributed by atoms with Gasteiger partial charge in [-0.2, -0.15) is 0 Å². The predicted octanol–water partition coefficient (Wildman–Crippen LogP) is 2.51. The molecule has 1 atom stereocenters. The van der Waals surface area contributed by atoms with Crippen molar-refractivity contribution >= 4 is 16.8 Å². The molecule has 0 spiro atoms. The molecule has 1 aliphatic heterocycles. The SMILES string of the molecule is CN[C@@H]1CCCN(C(=O)c2cc3ccc(F)cc3nc2C)C1. The first-order valence-electron chi connectivity index (χ1n) is 7.62. The fourth-order valence-electron chi connectivity index (χ4n) is 3.02. The molecule has 1 N–H and O–H groups in total. The van der Waals surface area contributed by atoms with Gasteiger partial charge in [0.15, 0.2) is 0 Å². The molecule has 5 heteroatoms. The van der Waals surface area contributed by atoms with Crippen molar-refractivity contribution in [3.8, 4) is 0 Å². The average molecular weight is 301 g/mol. The van der Waals surface area contributed by atoms with E-state index >= 15 is 0 Å². The molecule has 2 heterocycles. The molecule has 0 unspecified atom stereocenters. The van der Waals surface area contributed by atoms with E-state index in [2.05, 4.69) is 10.3 Å². The molecular formula is C17H20FN3O. The van der Waals surface area contributed by atoms with Crippen LogP contribution >= 0.6 is 0 Å². The minimum absolute atomic E-state index is 0.0103. The number of aryl methyl sites for hydroxylation is 1. The van der Waals surface area contributed by atoms with Gasteiger partial charge in [0.2, 0.25) is 0 Å². The van der Waals surface area contributed by atoms with Gasteiger partial charge in [0.25, 0.3) is 5.91 Å². The van der Waals surface area contributed by atoms with Crippen molar-refractivity contribution in [3.63, 3.8) is 0 Å². The molecule has 2 aromatic rings. The van der Waals surface area contributed by atoms with Crippen molar-refractivity contribution in [2.75, 3.05) is 20.1 Å². The fourth-order valence-corrected chi connectivity index (χ4v) is 3.02. The molecule has 0 saturated carbocycles. The molecule has 22 heavy (non-hydrogen) atoms. The summed E-state index contributed by atoms with van der Waals surface area (Å²) in [4.78, 5) is 19.0. The number of halogens is 1. The highest BCUT2D eigenvalue weighted by atomic mass is 19.1. The third-order valence-corrected chi connectivity index (χ3v) is 4.32. The Bertz CT molecular complexity index is 716. The van der Waals surface area contributed by atoms with Gasteiger partial charge in [-0.25, -0.2) is 4.39 Å². The molecule has 3 rings (SSSR count). The van der Waals surface area contributed by atoms with Crippen molar-refractivity contribution in [3.05, 3.63) is 41.3 Å². The molecule has 0 bridgehead atoms. The van der Waals surface area contributed by atoms with Crippen LogP contribution in [0.25, 0.3) is 10.9 Å². The van der Waals surface area contributed by atoms with E-state index in [4.69, 9.17) is 0 Å². The summed E-state index contributed by atoms with van der Waals surface area (Å²) in [5.74, 6) is -0.303. The minimum Gasteiger partial charge on any atom is -0.337 e. The maximum absolute atomic E-state index is 13.3. The molecule has 0 radical (unpaired) electrons. The number of likely N-dealkylation sites (N-methyl/N-ethyl adjacent to an activating group) is 1. The van der Waals surface area contributed by atoms with E-state index in [-0.39, 0.29) is 11.7 Å². The Morgan fingerprint density at radius 1 is 1.41 bits per heavy atom. The molecular weight excluding hydrogens is 281 g/mol. The number of fused-ring (bicyclic) bond motifs is 1. The van der Waals surface area contributed by atoms with E-state index in [9.17, 15) is 9.18 Å². The lowest BCUT2D eigenvalue weighted by atomic mass is 10.0. The van der Waals surface area contributed by atoms with Crippen LogP contribution in [0.2, 0.25) is 0 Å². The van der Waals surface area contributed by atoms with Crippen LogP contribution in [0.5, 0.6) is 0 Å². The number of pyridine rings is 1. The number of nitrogens with one attached hydrogen (secondary N) is 1. The highest BCUT2D eigenvalue weighted by molar-refractivity contribution is 5.98. The van der Waals surface area contributed by atoms with Gasteiger partial charge in [0.1, 0.15) is 5.82 Å². The van der Waals surface area contributed by atoms with Crippen LogP contribution in [0.1, 0.15) is 28.9 Å². The summed E-state index contributed by atoms with van der Waals surface area (Å²) in [7, 11) is 1.93. The Morgan fingerprint density at radius 3 is 3.00 bits per heavy atom. The number of benzene rings is 1. The summed E-state index contributed by atoms with van der Waals surface area (Å²) in [5.41, 5.74) is 1.84. The van der Waals surface area contributed by atoms with E-state index in [1.807, 2.05) is 18.0 Å². The molecule has 1 saturated heterocycles. The van der Waals surface area contributed by atoms with Gasteiger partial charge in [-0.3, -0.25) is 9.78 Å². The first kappa shape index (κ1) is 14.9. The Morgan fingerprint density at radius 2 is 2.23 bits per heavy atom. The summed E-state index contributed by atoms with van der Waals surface area (Å²) in [5, 5.41) is 4.03. The second kappa shape index (κ2) is 6.01. The summed E-state index contributed by atoms with van der Waals surface area (Å²) >= 11 is 0. The largest absolute Gasteiger partial charge is 0.337 e. The number of amides is 1. The Kier molecular flexibility index (Phi) is 4.07. The van der Waals surface area contributed by atoms with E-state index in [1.54, 1.807) is 13.0 Å². The molecule has 4 nitrogen and oxygen atoms in total.